The van der Waals surface area contributed by atoms with Crippen LogP contribution in [0.2, 0.25) is 10.0 Å². The molecule has 0 aliphatic carbocycles. The second-order valence-electron chi connectivity index (χ2n) is 4.33. The van der Waals surface area contributed by atoms with Crippen LogP contribution in [0.15, 0.2) is 42.5 Å². The first kappa shape index (κ1) is 13.3. The van der Waals surface area contributed by atoms with Crippen molar-refractivity contribution >= 4 is 29.0 Å². The highest BCUT2D eigenvalue weighted by Gasteiger charge is 2.29. The molecule has 1 aliphatic rings. The number of Topliss-reactive ketones (excluding diaryl/α,β-unsaturated/α-hetero) is 1. The van der Waals surface area contributed by atoms with Gasteiger partial charge in [-0.2, -0.15) is 0 Å². The lowest BCUT2D eigenvalue weighted by Gasteiger charge is -2.25. The molecule has 0 radical (unpaired) electrons. The average Bonchev–Trinajstić information content (AvgIpc) is 2.49. The minimum Gasteiger partial charge on any atom is -0.485 e. The maximum Gasteiger partial charge on any atom is 0.208 e. The Hall–Kier alpha value is -1.71. The molecule has 0 bridgehead atoms. The van der Waals surface area contributed by atoms with E-state index in [0.717, 1.165) is 0 Å². The summed E-state index contributed by atoms with van der Waals surface area (Å²) in [6, 6.07) is 12.2. The molecule has 0 amide bonds. The molecule has 1 atom stereocenters. The fourth-order valence-electron chi connectivity index (χ4n) is 2.02. The van der Waals surface area contributed by atoms with Crippen molar-refractivity contribution in [1.29, 1.82) is 0 Å². The molecule has 20 heavy (non-hydrogen) atoms. The van der Waals surface area contributed by atoms with Gasteiger partial charge >= 0.3 is 0 Å². The van der Waals surface area contributed by atoms with E-state index in [1.165, 1.54) is 0 Å². The van der Waals surface area contributed by atoms with E-state index in [2.05, 4.69) is 0 Å². The number of rotatable bonds is 2. The molecule has 0 saturated heterocycles. The third kappa shape index (κ3) is 2.35. The molecule has 1 aliphatic heterocycles. The zero-order valence-electron chi connectivity index (χ0n) is 10.3. The molecule has 1 heterocycles. The summed E-state index contributed by atoms with van der Waals surface area (Å²) in [5.74, 6) is 0.941. The molecule has 0 N–H and O–H groups in total. The van der Waals surface area contributed by atoms with Crippen LogP contribution in [0.3, 0.4) is 0 Å². The summed E-state index contributed by atoms with van der Waals surface area (Å²) < 4.78 is 11.2. The van der Waals surface area contributed by atoms with E-state index in [0.29, 0.717) is 22.1 Å². The number of fused-ring (bicyclic) bond motifs is 1. The summed E-state index contributed by atoms with van der Waals surface area (Å²) >= 11 is 12.0. The van der Waals surface area contributed by atoms with Crippen LogP contribution in [0.25, 0.3) is 0 Å². The van der Waals surface area contributed by atoms with E-state index in [4.69, 9.17) is 32.7 Å². The summed E-state index contributed by atoms with van der Waals surface area (Å²) in [5, 5.41) is 0.580. The van der Waals surface area contributed by atoms with E-state index in [9.17, 15) is 4.79 Å². The number of benzene rings is 2. The third-order valence-corrected chi connectivity index (χ3v) is 3.84. The molecule has 2 aromatic carbocycles. The van der Waals surface area contributed by atoms with Gasteiger partial charge in [0.2, 0.25) is 5.78 Å². The number of hydrogen-bond donors (Lipinski definition) is 0. The molecule has 102 valence electrons. The third-order valence-electron chi connectivity index (χ3n) is 3.02. The summed E-state index contributed by atoms with van der Waals surface area (Å²) in [5.41, 5.74) is 0.340. The Morgan fingerprint density at radius 2 is 1.80 bits per heavy atom. The molecular formula is C15H10Cl2O3. The fourth-order valence-corrected chi connectivity index (χ4v) is 2.41. The van der Waals surface area contributed by atoms with E-state index in [1.54, 1.807) is 30.3 Å². The van der Waals surface area contributed by atoms with E-state index in [1.807, 2.05) is 12.1 Å². The highest BCUT2D eigenvalue weighted by Crippen LogP contribution is 2.33. The van der Waals surface area contributed by atoms with Gasteiger partial charge in [-0.05, 0) is 24.3 Å². The number of carbonyl (C=O) groups is 1. The van der Waals surface area contributed by atoms with Crippen LogP contribution in [0.1, 0.15) is 10.4 Å². The molecular weight excluding hydrogens is 299 g/mol. The summed E-state index contributed by atoms with van der Waals surface area (Å²) in [6.07, 6.45) is -0.721. The quantitative estimate of drug-likeness (QED) is 0.786. The monoisotopic (exact) mass is 308 g/mol. The molecule has 3 rings (SSSR count). The Morgan fingerprint density at radius 3 is 2.60 bits per heavy atom. The van der Waals surface area contributed by atoms with E-state index < -0.39 is 6.10 Å². The zero-order chi connectivity index (χ0) is 14.1. The SMILES string of the molecule is O=C(c1cccc(Cl)c1Cl)C1COc2ccccc2O1. The van der Waals surface area contributed by atoms with Crippen molar-refractivity contribution in [3.8, 4) is 11.5 Å². The first-order valence-corrected chi connectivity index (χ1v) is 6.79. The van der Waals surface area contributed by atoms with Gasteiger partial charge in [-0.25, -0.2) is 0 Å². The van der Waals surface area contributed by atoms with Gasteiger partial charge in [-0.3, -0.25) is 4.79 Å². The normalized spacial score (nSPS) is 16.8. The van der Waals surface area contributed by atoms with E-state index in [-0.39, 0.29) is 17.4 Å². The Labute approximate surface area is 126 Å². The standard InChI is InChI=1S/C15H10Cl2O3/c16-10-5-3-4-9(14(10)17)15(18)13-8-19-11-6-1-2-7-12(11)20-13/h1-7,13H,8H2. The van der Waals surface area contributed by atoms with Crippen molar-refractivity contribution < 1.29 is 14.3 Å². The van der Waals surface area contributed by atoms with Crippen molar-refractivity contribution in [3.63, 3.8) is 0 Å². The molecule has 0 spiro atoms. The van der Waals surface area contributed by atoms with Crippen molar-refractivity contribution in [2.45, 2.75) is 6.10 Å². The Bertz CT molecular complexity index is 670. The molecule has 1 unspecified atom stereocenters. The van der Waals surface area contributed by atoms with Gasteiger partial charge in [0, 0.05) is 5.56 Å². The predicted octanol–water partition coefficient (Wildman–Crippen LogP) is 4.02. The van der Waals surface area contributed by atoms with Crippen molar-refractivity contribution in [2.75, 3.05) is 6.61 Å². The average molecular weight is 309 g/mol. The largest absolute Gasteiger partial charge is 0.485 e. The second-order valence-corrected chi connectivity index (χ2v) is 5.12. The van der Waals surface area contributed by atoms with Crippen LogP contribution in [0.4, 0.5) is 0 Å². The highest BCUT2D eigenvalue weighted by atomic mass is 35.5. The van der Waals surface area contributed by atoms with Gasteiger partial charge in [0.1, 0.15) is 6.61 Å². The van der Waals surface area contributed by atoms with Gasteiger partial charge in [-0.1, -0.05) is 41.4 Å². The second kappa shape index (κ2) is 5.35. The molecule has 0 saturated carbocycles. The molecule has 0 fully saturated rings. The topological polar surface area (TPSA) is 35.5 Å². The predicted molar refractivity (Wildman–Crippen MR) is 77.1 cm³/mol. The lowest BCUT2D eigenvalue weighted by molar-refractivity contribution is 0.0586. The minimum atomic E-state index is -0.721. The summed E-state index contributed by atoms with van der Waals surface area (Å²) in [4.78, 5) is 12.4. The smallest absolute Gasteiger partial charge is 0.208 e. The van der Waals surface area contributed by atoms with Gasteiger partial charge in [0.05, 0.1) is 10.0 Å². The fraction of sp³-hybridized carbons (Fsp3) is 0.133. The number of hydrogen-bond acceptors (Lipinski definition) is 3. The van der Waals surface area contributed by atoms with Crippen molar-refractivity contribution in [2.24, 2.45) is 0 Å². The zero-order valence-corrected chi connectivity index (χ0v) is 11.8. The first-order chi connectivity index (χ1) is 9.66. The highest BCUT2D eigenvalue weighted by molar-refractivity contribution is 6.44. The first-order valence-electron chi connectivity index (χ1n) is 6.03. The minimum absolute atomic E-state index is 0.151. The number of halogens is 2. The van der Waals surface area contributed by atoms with Crippen LogP contribution in [-0.2, 0) is 0 Å². The van der Waals surface area contributed by atoms with Crippen LogP contribution >= 0.6 is 23.2 Å². The van der Waals surface area contributed by atoms with E-state index >= 15 is 0 Å². The summed E-state index contributed by atoms with van der Waals surface area (Å²) in [7, 11) is 0. The maximum atomic E-state index is 12.4. The molecule has 2 aromatic rings. The Morgan fingerprint density at radius 1 is 1.05 bits per heavy atom. The van der Waals surface area contributed by atoms with Crippen molar-refractivity contribution in [1.82, 2.24) is 0 Å². The number of ketones is 1. The van der Waals surface area contributed by atoms with Crippen molar-refractivity contribution in [3.05, 3.63) is 58.1 Å². The Kier molecular flexibility index (Phi) is 3.55. The maximum absolute atomic E-state index is 12.4. The van der Waals surface area contributed by atoms with Crippen LogP contribution in [-0.4, -0.2) is 18.5 Å². The summed E-state index contributed by atoms with van der Waals surface area (Å²) in [6.45, 7) is 0.151. The molecule has 5 heteroatoms. The number of ether oxygens (including phenoxy) is 2. The number of carbonyl (C=O) groups excluding carboxylic acids is 1. The lowest BCUT2D eigenvalue weighted by Crippen LogP contribution is -2.36. The van der Waals surface area contributed by atoms with Crippen LogP contribution in [0.5, 0.6) is 11.5 Å². The molecule has 3 nitrogen and oxygen atoms in total. The van der Waals surface area contributed by atoms with Crippen LogP contribution in [0, 0.1) is 0 Å². The number of para-hydroxylation sites is 2. The Balaban J connectivity index is 1.88. The van der Waals surface area contributed by atoms with Gasteiger partial charge in [0.25, 0.3) is 0 Å². The van der Waals surface area contributed by atoms with Gasteiger partial charge in [-0.15, -0.1) is 0 Å². The van der Waals surface area contributed by atoms with Gasteiger partial charge in [0.15, 0.2) is 17.6 Å². The van der Waals surface area contributed by atoms with Gasteiger partial charge < -0.3 is 9.47 Å². The van der Waals surface area contributed by atoms with Crippen LogP contribution < -0.4 is 9.47 Å². The lowest BCUT2D eigenvalue weighted by atomic mass is 10.1. The molecule has 0 aromatic heterocycles.